The summed E-state index contributed by atoms with van der Waals surface area (Å²) < 4.78 is 43.4. The topological polar surface area (TPSA) is 38.2 Å². The molecule has 3 rings (SSSR count). The smallest absolute Gasteiger partial charge is 0.417 e. The van der Waals surface area contributed by atoms with E-state index in [1.54, 1.807) is 6.20 Å². The van der Waals surface area contributed by atoms with Crippen LogP contribution in [0, 0.1) is 5.92 Å². The van der Waals surface area contributed by atoms with Crippen LogP contribution in [0.4, 0.5) is 19.0 Å². The van der Waals surface area contributed by atoms with Gasteiger partial charge in [0.25, 0.3) is 0 Å². The van der Waals surface area contributed by atoms with Crippen LogP contribution in [0.1, 0.15) is 18.4 Å². The normalized spacial score (nSPS) is 16.2. The minimum absolute atomic E-state index is 0.415. The lowest BCUT2D eigenvalue weighted by Crippen LogP contribution is -2.36. The first-order valence-electron chi connectivity index (χ1n) is 7.84. The standard InChI is InChI=1S/C17H18F3N3O/c18-17(19,20)14-4-5-15(22-11-14)23-9-6-13(7-10-23)12-24-16-3-1-2-8-21-16/h1-5,8,11,13H,6-7,9-10,12H2. The van der Waals surface area contributed by atoms with Gasteiger partial charge in [-0.15, -0.1) is 0 Å². The molecule has 0 N–H and O–H groups in total. The average molecular weight is 337 g/mol. The molecule has 0 saturated carbocycles. The number of nitrogens with zero attached hydrogens (tertiary/aromatic N) is 3. The van der Waals surface area contributed by atoms with Gasteiger partial charge >= 0.3 is 6.18 Å². The van der Waals surface area contributed by atoms with E-state index in [4.69, 9.17) is 4.74 Å². The van der Waals surface area contributed by atoms with E-state index < -0.39 is 11.7 Å². The largest absolute Gasteiger partial charge is 0.477 e. The fourth-order valence-corrected chi connectivity index (χ4v) is 2.71. The van der Waals surface area contributed by atoms with E-state index in [2.05, 4.69) is 9.97 Å². The Balaban J connectivity index is 1.50. The number of aromatic nitrogens is 2. The highest BCUT2D eigenvalue weighted by Gasteiger charge is 2.31. The highest BCUT2D eigenvalue weighted by molar-refractivity contribution is 5.40. The number of hydrogen-bond acceptors (Lipinski definition) is 4. The van der Waals surface area contributed by atoms with E-state index in [0.29, 0.717) is 24.2 Å². The average Bonchev–Trinajstić information content (AvgIpc) is 2.61. The molecule has 1 aliphatic heterocycles. The first-order valence-corrected chi connectivity index (χ1v) is 7.84. The molecule has 0 spiro atoms. The Morgan fingerprint density at radius 2 is 1.88 bits per heavy atom. The maximum atomic E-state index is 12.6. The third-order valence-corrected chi connectivity index (χ3v) is 4.12. The molecular formula is C17H18F3N3O. The molecule has 0 amide bonds. The van der Waals surface area contributed by atoms with Crippen molar-refractivity contribution in [3.8, 4) is 5.88 Å². The Morgan fingerprint density at radius 1 is 1.08 bits per heavy atom. The minimum Gasteiger partial charge on any atom is -0.477 e. The number of pyridine rings is 2. The molecule has 0 aliphatic carbocycles. The summed E-state index contributed by atoms with van der Waals surface area (Å²) in [5.41, 5.74) is -0.718. The summed E-state index contributed by atoms with van der Waals surface area (Å²) in [6.45, 7) is 2.12. The SMILES string of the molecule is FC(F)(F)c1ccc(N2CCC(COc3ccccn3)CC2)nc1. The molecule has 7 heteroatoms. The molecule has 128 valence electrons. The summed E-state index contributed by atoms with van der Waals surface area (Å²) >= 11 is 0. The zero-order valence-electron chi connectivity index (χ0n) is 13.0. The van der Waals surface area contributed by atoms with Crippen LogP contribution < -0.4 is 9.64 Å². The summed E-state index contributed by atoms with van der Waals surface area (Å²) in [5, 5.41) is 0. The number of halogens is 3. The molecule has 0 unspecified atom stereocenters. The number of rotatable bonds is 4. The summed E-state index contributed by atoms with van der Waals surface area (Å²) in [6, 6.07) is 8.05. The van der Waals surface area contributed by atoms with Gasteiger partial charge in [-0.1, -0.05) is 6.07 Å². The lowest BCUT2D eigenvalue weighted by Gasteiger charge is -2.32. The maximum absolute atomic E-state index is 12.6. The van der Waals surface area contributed by atoms with E-state index >= 15 is 0 Å². The molecule has 0 aromatic carbocycles. The number of alkyl halides is 3. The highest BCUT2D eigenvalue weighted by atomic mass is 19.4. The number of piperidine rings is 1. The predicted molar refractivity (Wildman–Crippen MR) is 83.9 cm³/mol. The van der Waals surface area contributed by atoms with Gasteiger partial charge in [0, 0.05) is 31.5 Å². The van der Waals surface area contributed by atoms with Gasteiger partial charge in [0.05, 0.1) is 12.2 Å². The van der Waals surface area contributed by atoms with Crippen molar-refractivity contribution in [3.05, 3.63) is 48.3 Å². The van der Waals surface area contributed by atoms with Crippen molar-refractivity contribution in [1.82, 2.24) is 9.97 Å². The quantitative estimate of drug-likeness (QED) is 0.851. The molecule has 3 heterocycles. The second kappa shape index (κ2) is 7.07. The molecule has 4 nitrogen and oxygen atoms in total. The van der Waals surface area contributed by atoms with Gasteiger partial charge < -0.3 is 9.64 Å². The van der Waals surface area contributed by atoms with Crippen molar-refractivity contribution in [2.24, 2.45) is 5.92 Å². The molecule has 2 aromatic heterocycles. The fourth-order valence-electron chi connectivity index (χ4n) is 2.71. The molecule has 1 saturated heterocycles. The Morgan fingerprint density at radius 3 is 2.46 bits per heavy atom. The Hall–Kier alpha value is -2.31. The van der Waals surface area contributed by atoms with E-state index in [1.165, 1.54) is 6.07 Å². The molecule has 0 radical (unpaired) electrons. The van der Waals surface area contributed by atoms with Crippen LogP contribution in [0.25, 0.3) is 0 Å². The van der Waals surface area contributed by atoms with Crippen molar-refractivity contribution in [2.45, 2.75) is 19.0 Å². The van der Waals surface area contributed by atoms with Gasteiger partial charge in [-0.2, -0.15) is 13.2 Å². The monoisotopic (exact) mass is 337 g/mol. The van der Waals surface area contributed by atoms with Crippen molar-refractivity contribution >= 4 is 5.82 Å². The van der Waals surface area contributed by atoms with Crippen LogP contribution in [-0.2, 0) is 6.18 Å². The molecule has 1 aliphatic rings. The van der Waals surface area contributed by atoms with Crippen molar-refractivity contribution < 1.29 is 17.9 Å². The lowest BCUT2D eigenvalue weighted by molar-refractivity contribution is -0.137. The fraction of sp³-hybridized carbons (Fsp3) is 0.412. The summed E-state index contributed by atoms with van der Waals surface area (Å²) in [7, 11) is 0. The molecular weight excluding hydrogens is 319 g/mol. The summed E-state index contributed by atoms with van der Waals surface area (Å²) in [4.78, 5) is 10.1. The van der Waals surface area contributed by atoms with Gasteiger partial charge in [0.15, 0.2) is 0 Å². The minimum atomic E-state index is -4.35. The van der Waals surface area contributed by atoms with Gasteiger partial charge in [-0.3, -0.25) is 0 Å². The van der Waals surface area contributed by atoms with Crippen LogP contribution in [0.15, 0.2) is 42.7 Å². The van der Waals surface area contributed by atoms with E-state index in [9.17, 15) is 13.2 Å². The van der Waals surface area contributed by atoms with Crippen molar-refractivity contribution in [3.63, 3.8) is 0 Å². The molecule has 1 fully saturated rings. The van der Waals surface area contributed by atoms with Gasteiger partial charge in [-0.05, 0) is 37.0 Å². The first-order chi connectivity index (χ1) is 11.5. The Labute approximate surface area is 138 Å². The van der Waals surface area contributed by atoms with E-state index in [0.717, 1.165) is 38.2 Å². The van der Waals surface area contributed by atoms with Crippen molar-refractivity contribution in [2.75, 3.05) is 24.6 Å². The summed E-state index contributed by atoms with van der Waals surface area (Å²) in [6.07, 6.45) is 0.0617. The van der Waals surface area contributed by atoms with Crippen molar-refractivity contribution in [1.29, 1.82) is 0 Å². The predicted octanol–water partition coefficient (Wildman–Crippen LogP) is 3.79. The zero-order valence-corrected chi connectivity index (χ0v) is 13.0. The Bertz CT molecular complexity index is 638. The molecule has 24 heavy (non-hydrogen) atoms. The van der Waals surface area contributed by atoms with Crippen LogP contribution in [0.2, 0.25) is 0 Å². The molecule has 0 bridgehead atoms. The van der Waals surface area contributed by atoms with Crippen LogP contribution >= 0.6 is 0 Å². The van der Waals surface area contributed by atoms with E-state index in [-0.39, 0.29) is 0 Å². The van der Waals surface area contributed by atoms with Gasteiger partial charge in [0.2, 0.25) is 5.88 Å². The summed E-state index contributed by atoms with van der Waals surface area (Å²) in [5.74, 6) is 1.62. The third-order valence-electron chi connectivity index (χ3n) is 4.12. The maximum Gasteiger partial charge on any atom is 0.417 e. The van der Waals surface area contributed by atoms with Crippen LogP contribution in [0.3, 0.4) is 0 Å². The van der Waals surface area contributed by atoms with Crippen LogP contribution in [0.5, 0.6) is 5.88 Å². The first kappa shape index (κ1) is 16.5. The molecule has 2 aromatic rings. The van der Waals surface area contributed by atoms with Gasteiger partial charge in [0.1, 0.15) is 5.82 Å². The second-order valence-electron chi connectivity index (χ2n) is 5.81. The van der Waals surface area contributed by atoms with E-state index in [1.807, 2.05) is 23.1 Å². The highest BCUT2D eigenvalue weighted by Crippen LogP contribution is 2.30. The molecule has 0 atom stereocenters. The third kappa shape index (κ3) is 4.15. The zero-order chi connectivity index (χ0) is 17.0. The number of ether oxygens (including phenoxy) is 1. The second-order valence-corrected chi connectivity index (χ2v) is 5.81. The number of hydrogen-bond donors (Lipinski definition) is 0. The van der Waals surface area contributed by atoms with Gasteiger partial charge in [-0.25, -0.2) is 9.97 Å². The van der Waals surface area contributed by atoms with Crippen LogP contribution in [-0.4, -0.2) is 29.7 Å². The lowest BCUT2D eigenvalue weighted by atomic mass is 9.98. The number of anilines is 1. The Kier molecular flexibility index (Phi) is 4.87.